The lowest BCUT2D eigenvalue weighted by molar-refractivity contribution is 0.0979. The number of benzene rings is 1. The first-order chi connectivity index (χ1) is 12.8. The Morgan fingerprint density at radius 2 is 1.96 bits per heavy atom. The van der Waals surface area contributed by atoms with E-state index >= 15 is 0 Å². The zero-order chi connectivity index (χ0) is 19.7. The van der Waals surface area contributed by atoms with Gasteiger partial charge in [-0.15, -0.1) is 0 Å². The van der Waals surface area contributed by atoms with Gasteiger partial charge in [-0.05, 0) is 40.1 Å². The van der Waals surface area contributed by atoms with Crippen LogP contribution in [0.15, 0.2) is 18.2 Å². The van der Waals surface area contributed by atoms with Gasteiger partial charge in [0.2, 0.25) is 0 Å². The Hall–Kier alpha value is -2.39. The number of thiazole rings is 1. The van der Waals surface area contributed by atoms with E-state index in [4.69, 9.17) is 0 Å². The van der Waals surface area contributed by atoms with Gasteiger partial charge in [-0.3, -0.25) is 14.4 Å². The molecule has 0 aliphatic rings. The number of aryl methyl sites for hydroxylation is 2. The molecule has 0 unspecified atom stereocenters. The molecule has 9 heteroatoms. The highest BCUT2D eigenvalue weighted by Crippen LogP contribution is 2.31. The number of aromatic nitrogens is 3. The minimum absolute atomic E-state index is 0.0642. The summed E-state index contributed by atoms with van der Waals surface area (Å²) in [5.41, 5.74) is 1.25. The molecule has 0 radical (unpaired) electrons. The number of likely N-dealkylation sites (N-methyl/N-ethyl adjacent to an activating group) is 1. The Morgan fingerprint density at radius 1 is 1.22 bits per heavy atom. The van der Waals surface area contributed by atoms with Crippen LogP contribution in [0.1, 0.15) is 23.1 Å². The van der Waals surface area contributed by atoms with E-state index in [0.717, 1.165) is 23.1 Å². The number of fused-ring (bicyclic) bond motifs is 1. The Labute approximate surface area is 160 Å². The molecule has 1 aromatic carbocycles. The Balaban J connectivity index is 2.02. The molecular weight excluding hydrogens is 372 g/mol. The van der Waals surface area contributed by atoms with Crippen molar-refractivity contribution in [2.45, 2.75) is 20.4 Å². The van der Waals surface area contributed by atoms with Gasteiger partial charge in [-0.25, -0.2) is 13.8 Å². The average Bonchev–Trinajstić information content (AvgIpc) is 3.18. The number of anilines is 1. The van der Waals surface area contributed by atoms with Crippen molar-refractivity contribution >= 4 is 32.6 Å². The zero-order valence-corrected chi connectivity index (χ0v) is 16.5. The monoisotopic (exact) mass is 393 g/mol. The summed E-state index contributed by atoms with van der Waals surface area (Å²) < 4.78 is 29.7. The normalized spacial score (nSPS) is 11.5. The van der Waals surface area contributed by atoms with Crippen LogP contribution >= 0.6 is 11.3 Å². The molecule has 0 saturated carbocycles. The van der Waals surface area contributed by atoms with Crippen LogP contribution in [-0.2, 0) is 6.54 Å². The molecular formula is C18H21F2N5OS. The molecule has 144 valence electrons. The van der Waals surface area contributed by atoms with Crippen molar-refractivity contribution in [2.75, 3.05) is 32.1 Å². The molecule has 0 bridgehead atoms. The molecule has 1 amide bonds. The lowest BCUT2D eigenvalue weighted by Crippen LogP contribution is -2.37. The standard InChI is InChI=1S/C18H21F2N5OS/c1-5-25-11(2)8-14(22-25)17(26)24(7-6-23(3)4)18-21-16-13(20)9-12(19)10-15(16)27-18/h8-10H,5-7H2,1-4H3. The highest BCUT2D eigenvalue weighted by atomic mass is 32.1. The number of carbonyl (C=O) groups excluding carboxylic acids is 1. The quantitative estimate of drug-likeness (QED) is 0.645. The van der Waals surface area contributed by atoms with Crippen molar-refractivity contribution in [3.05, 3.63) is 41.2 Å². The van der Waals surface area contributed by atoms with Gasteiger partial charge in [0.1, 0.15) is 11.3 Å². The van der Waals surface area contributed by atoms with Gasteiger partial charge in [-0.1, -0.05) is 11.3 Å². The van der Waals surface area contributed by atoms with Crippen LogP contribution in [-0.4, -0.2) is 52.8 Å². The number of carbonyl (C=O) groups is 1. The smallest absolute Gasteiger partial charge is 0.280 e. The molecule has 27 heavy (non-hydrogen) atoms. The first kappa shape index (κ1) is 19.4. The third-order valence-electron chi connectivity index (χ3n) is 4.15. The second-order valence-electron chi connectivity index (χ2n) is 6.48. The first-order valence-electron chi connectivity index (χ1n) is 8.56. The van der Waals surface area contributed by atoms with Gasteiger partial charge in [0.15, 0.2) is 16.6 Å². The predicted molar refractivity (Wildman–Crippen MR) is 102 cm³/mol. The highest BCUT2D eigenvalue weighted by Gasteiger charge is 2.25. The maximum Gasteiger partial charge on any atom is 0.280 e. The van der Waals surface area contributed by atoms with Gasteiger partial charge in [0.25, 0.3) is 5.91 Å². The molecule has 0 saturated heterocycles. The summed E-state index contributed by atoms with van der Waals surface area (Å²) >= 11 is 1.09. The largest absolute Gasteiger partial charge is 0.308 e. The molecule has 0 fully saturated rings. The molecule has 0 aliphatic heterocycles. The molecule has 3 rings (SSSR count). The molecule has 2 heterocycles. The van der Waals surface area contributed by atoms with Crippen LogP contribution in [0.25, 0.3) is 10.2 Å². The third-order valence-corrected chi connectivity index (χ3v) is 5.17. The summed E-state index contributed by atoms with van der Waals surface area (Å²) in [6.07, 6.45) is 0. The van der Waals surface area contributed by atoms with Gasteiger partial charge in [-0.2, -0.15) is 5.10 Å². The van der Waals surface area contributed by atoms with Crippen LogP contribution in [0, 0.1) is 18.6 Å². The summed E-state index contributed by atoms with van der Waals surface area (Å²) in [6.45, 7) is 5.43. The molecule has 0 spiro atoms. The number of nitrogens with zero attached hydrogens (tertiary/aromatic N) is 5. The van der Waals surface area contributed by atoms with E-state index in [2.05, 4.69) is 10.1 Å². The maximum absolute atomic E-state index is 14.0. The van der Waals surface area contributed by atoms with Crippen molar-refractivity contribution in [2.24, 2.45) is 0 Å². The fourth-order valence-corrected chi connectivity index (χ4v) is 3.75. The van der Waals surface area contributed by atoms with Crippen molar-refractivity contribution < 1.29 is 13.6 Å². The minimum atomic E-state index is -0.737. The first-order valence-corrected chi connectivity index (χ1v) is 9.38. The third kappa shape index (κ3) is 3.98. The Bertz CT molecular complexity index is 982. The lowest BCUT2D eigenvalue weighted by atomic mass is 10.3. The second-order valence-corrected chi connectivity index (χ2v) is 7.49. The van der Waals surface area contributed by atoms with E-state index in [1.165, 1.54) is 11.0 Å². The average molecular weight is 393 g/mol. The van der Waals surface area contributed by atoms with E-state index in [0.29, 0.717) is 35.2 Å². The lowest BCUT2D eigenvalue weighted by Gasteiger charge is -2.21. The van der Waals surface area contributed by atoms with Gasteiger partial charge >= 0.3 is 0 Å². The number of hydrogen-bond acceptors (Lipinski definition) is 5. The van der Waals surface area contributed by atoms with Gasteiger partial charge < -0.3 is 4.90 Å². The van der Waals surface area contributed by atoms with E-state index < -0.39 is 11.6 Å². The molecule has 0 N–H and O–H groups in total. The van der Waals surface area contributed by atoms with Gasteiger partial charge in [0.05, 0.1) is 4.70 Å². The topological polar surface area (TPSA) is 54.3 Å². The summed E-state index contributed by atoms with van der Waals surface area (Å²) in [5.74, 6) is -1.72. The molecule has 0 atom stereocenters. The Morgan fingerprint density at radius 3 is 2.59 bits per heavy atom. The van der Waals surface area contributed by atoms with Crippen LogP contribution in [0.2, 0.25) is 0 Å². The van der Waals surface area contributed by atoms with Crippen LogP contribution in [0.3, 0.4) is 0 Å². The fourth-order valence-electron chi connectivity index (χ4n) is 2.72. The van der Waals surface area contributed by atoms with Crippen molar-refractivity contribution in [3.63, 3.8) is 0 Å². The summed E-state index contributed by atoms with van der Waals surface area (Å²) in [4.78, 5) is 20.8. The summed E-state index contributed by atoms with van der Waals surface area (Å²) in [7, 11) is 3.79. The van der Waals surface area contributed by atoms with E-state index in [1.807, 2.05) is 32.8 Å². The maximum atomic E-state index is 14.0. The molecule has 3 aromatic rings. The summed E-state index contributed by atoms with van der Waals surface area (Å²) in [6, 6.07) is 3.75. The van der Waals surface area contributed by atoms with Crippen LogP contribution in [0.5, 0.6) is 0 Å². The highest BCUT2D eigenvalue weighted by molar-refractivity contribution is 7.22. The van der Waals surface area contributed by atoms with Crippen LogP contribution < -0.4 is 4.90 Å². The number of hydrogen-bond donors (Lipinski definition) is 0. The number of halogens is 2. The summed E-state index contributed by atoms with van der Waals surface area (Å²) in [5, 5.41) is 4.67. The van der Waals surface area contributed by atoms with Crippen molar-refractivity contribution in [1.82, 2.24) is 19.7 Å². The Kier molecular flexibility index (Phi) is 5.52. The molecule has 6 nitrogen and oxygen atoms in total. The van der Waals surface area contributed by atoms with Crippen LogP contribution in [0.4, 0.5) is 13.9 Å². The minimum Gasteiger partial charge on any atom is -0.308 e. The second kappa shape index (κ2) is 7.69. The number of rotatable bonds is 6. The van der Waals surface area contributed by atoms with Gasteiger partial charge in [0, 0.05) is 31.4 Å². The van der Waals surface area contributed by atoms with E-state index in [1.54, 1.807) is 10.7 Å². The SMILES string of the molecule is CCn1nc(C(=O)N(CCN(C)C)c2nc3c(F)cc(F)cc3s2)cc1C. The predicted octanol–water partition coefficient (Wildman–Crippen LogP) is 3.31. The van der Waals surface area contributed by atoms with Crippen molar-refractivity contribution in [1.29, 1.82) is 0 Å². The number of amides is 1. The molecule has 0 aliphatic carbocycles. The molecule has 2 aromatic heterocycles. The van der Waals surface area contributed by atoms with E-state index in [-0.39, 0.29) is 11.4 Å². The van der Waals surface area contributed by atoms with Crippen molar-refractivity contribution in [3.8, 4) is 0 Å². The fraction of sp³-hybridized carbons (Fsp3) is 0.389. The zero-order valence-electron chi connectivity index (χ0n) is 15.7. The van der Waals surface area contributed by atoms with E-state index in [9.17, 15) is 13.6 Å².